The fourth-order valence-corrected chi connectivity index (χ4v) is 1.95. The SMILES string of the molecule is C[C@H](N)c1ccc(Sc2ccccn2)nc1. The lowest BCUT2D eigenvalue weighted by atomic mass is 10.2. The summed E-state index contributed by atoms with van der Waals surface area (Å²) in [5.74, 6) is 0. The topological polar surface area (TPSA) is 51.8 Å². The van der Waals surface area contributed by atoms with E-state index in [-0.39, 0.29) is 6.04 Å². The van der Waals surface area contributed by atoms with Gasteiger partial charge in [0.1, 0.15) is 10.1 Å². The van der Waals surface area contributed by atoms with Crippen LogP contribution in [0.2, 0.25) is 0 Å². The van der Waals surface area contributed by atoms with Gasteiger partial charge in [-0.2, -0.15) is 0 Å². The molecule has 2 aromatic rings. The van der Waals surface area contributed by atoms with E-state index in [1.807, 2.05) is 43.5 Å². The van der Waals surface area contributed by atoms with Gasteiger partial charge in [0.2, 0.25) is 0 Å². The highest BCUT2D eigenvalue weighted by molar-refractivity contribution is 7.99. The Morgan fingerprint density at radius 3 is 2.50 bits per heavy atom. The summed E-state index contributed by atoms with van der Waals surface area (Å²) in [6.45, 7) is 1.95. The molecule has 2 rings (SSSR count). The molecule has 0 unspecified atom stereocenters. The van der Waals surface area contributed by atoms with Crippen LogP contribution >= 0.6 is 11.8 Å². The summed E-state index contributed by atoms with van der Waals surface area (Å²) < 4.78 is 0. The average molecular weight is 231 g/mol. The monoisotopic (exact) mass is 231 g/mol. The van der Waals surface area contributed by atoms with Crippen LogP contribution in [0.4, 0.5) is 0 Å². The molecule has 2 heterocycles. The van der Waals surface area contributed by atoms with E-state index in [1.54, 1.807) is 18.0 Å². The summed E-state index contributed by atoms with van der Waals surface area (Å²) in [6, 6.07) is 9.83. The molecule has 0 fully saturated rings. The van der Waals surface area contributed by atoms with Crippen LogP contribution in [0.5, 0.6) is 0 Å². The number of hydrogen-bond donors (Lipinski definition) is 1. The van der Waals surface area contributed by atoms with Gasteiger partial charge in [-0.15, -0.1) is 0 Å². The van der Waals surface area contributed by atoms with Gasteiger partial charge in [-0.1, -0.05) is 23.9 Å². The Bertz CT molecular complexity index is 440. The smallest absolute Gasteiger partial charge is 0.102 e. The largest absolute Gasteiger partial charge is 0.324 e. The molecule has 0 saturated heterocycles. The first-order valence-corrected chi connectivity index (χ1v) is 5.88. The van der Waals surface area contributed by atoms with Crippen molar-refractivity contribution in [1.29, 1.82) is 0 Å². The van der Waals surface area contributed by atoms with Crippen molar-refractivity contribution >= 4 is 11.8 Å². The zero-order chi connectivity index (χ0) is 11.4. The number of nitrogens with zero attached hydrogens (tertiary/aromatic N) is 2. The molecular weight excluding hydrogens is 218 g/mol. The molecule has 0 radical (unpaired) electrons. The summed E-state index contributed by atoms with van der Waals surface area (Å²) in [4.78, 5) is 8.57. The summed E-state index contributed by atoms with van der Waals surface area (Å²) in [5, 5.41) is 1.88. The first-order valence-electron chi connectivity index (χ1n) is 5.06. The maximum Gasteiger partial charge on any atom is 0.102 e. The fourth-order valence-electron chi connectivity index (χ4n) is 1.24. The minimum Gasteiger partial charge on any atom is -0.324 e. The van der Waals surface area contributed by atoms with Crippen molar-refractivity contribution in [2.45, 2.75) is 23.0 Å². The molecule has 2 N–H and O–H groups in total. The maximum absolute atomic E-state index is 5.76. The molecule has 0 aliphatic heterocycles. The molecule has 0 aliphatic rings. The van der Waals surface area contributed by atoms with Gasteiger partial charge in [0.15, 0.2) is 0 Å². The zero-order valence-corrected chi connectivity index (χ0v) is 9.82. The van der Waals surface area contributed by atoms with Crippen LogP contribution in [-0.2, 0) is 0 Å². The lowest BCUT2D eigenvalue weighted by Crippen LogP contribution is -2.04. The second-order valence-electron chi connectivity index (χ2n) is 3.49. The summed E-state index contributed by atoms with van der Waals surface area (Å²) in [7, 11) is 0. The molecule has 0 spiro atoms. The van der Waals surface area contributed by atoms with Crippen LogP contribution < -0.4 is 5.73 Å². The molecule has 1 atom stereocenters. The number of aromatic nitrogens is 2. The predicted octanol–water partition coefficient (Wildman–Crippen LogP) is 2.65. The van der Waals surface area contributed by atoms with Gasteiger partial charge in [-0.3, -0.25) is 0 Å². The van der Waals surface area contributed by atoms with E-state index >= 15 is 0 Å². The van der Waals surface area contributed by atoms with Crippen LogP contribution in [0.15, 0.2) is 52.8 Å². The average Bonchev–Trinajstić information content (AvgIpc) is 2.31. The van der Waals surface area contributed by atoms with E-state index in [0.717, 1.165) is 15.6 Å². The Hall–Kier alpha value is -1.39. The highest BCUT2D eigenvalue weighted by atomic mass is 32.2. The van der Waals surface area contributed by atoms with Crippen molar-refractivity contribution in [3.05, 3.63) is 48.3 Å². The second kappa shape index (κ2) is 5.09. The predicted molar refractivity (Wildman–Crippen MR) is 65.2 cm³/mol. The Morgan fingerprint density at radius 2 is 1.94 bits per heavy atom. The highest BCUT2D eigenvalue weighted by Crippen LogP contribution is 2.24. The van der Waals surface area contributed by atoms with Crippen molar-refractivity contribution < 1.29 is 0 Å². The second-order valence-corrected chi connectivity index (χ2v) is 4.53. The molecule has 16 heavy (non-hydrogen) atoms. The van der Waals surface area contributed by atoms with Gasteiger partial charge in [-0.05, 0) is 30.7 Å². The Labute approximate surface area is 99.1 Å². The van der Waals surface area contributed by atoms with Gasteiger partial charge in [0, 0.05) is 18.4 Å². The molecule has 82 valence electrons. The normalized spacial score (nSPS) is 12.4. The van der Waals surface area contributed by atoms with E-state index in [0.29, 0.717) is 0 Å². The van der Waals surface area contributed by atoms with Crippen LogP contribution in [0, 0.1) is 0 Å². The number of pyridine rings is 2. The van der Waals surface area contributed by atoms with Crippen molar-refractivity contribution in [2.75, 3.05) is 0 Å². The standard InChI is InChI=1S/C12H13N3S/c1-9(13)10-5-6-12(15-8-10)16-11-4-2-3-7-14-11/h2-9H,13H2,1H3/t9-/m0/s1. The number of rotatable bonds is 3. The Morgan fingerprint density at radius 1 is 1.12 bits per heavy atom. The summed E-state index contributed by atoms with van der Waals surface area (Å²) in [6.07, 6.45) is 3.59. The van der Waals surface area contributed by atoms with E-state index in [4.69, 9.17) is 5.73 Å². The third-order valence-corrected chi connectivity index (χ3v) is 3.03. The first kappa shape index (κ1) is 11.1. The molecule has 0 aromatic carbocycles. The van der Waals surface area contributed by atoms with Gasteiger partial charge < -0.3 is 5.73 Å². The third-order valence-electron chi connectivity index (χ3n) is 2.13. The van der Waals surface area contributed by atoms with E-state index in [9.17, 15) is 0 Å². The van der Waals surface area contributed by atoms with Crippen molar-refractivity contribution in [1.82, 2.24) is 9.97 Å². The van der Waals surface area contributed by atoms with Crippen LogP contribution in [0.25, 0.3) is 0 Å². The van der Waals surface area contributed by atoms with E-state index < -0.39 is 0 Å². The molecule has 4 heteroatoms. The molecule has 0 saturated carbocycles. The lowest BCUT2D eigenvalue weighted by Gasteiger charge is -2.05. The van der Waals surface area contributed by atoms with Gasteiger partial charge >= 0.3 is 0 Å². The van der Waals surface area contributed by atoms with Crippen molar-refractivity contribution in [3.8, 4) is 0 Å². The zero-order valence-electron chi connectivity index (χ0n) is 9.00. The summed E-state index contributed by atoms with van der Waals surface area (Å²) >= 11 is 1.54. The molecule has 0 amide bonds. The van der Waals surface area contributed by atoms with Crippen molar-refractivity contribution in [2.24, 2.45) is 5.73 Å². The third kappa shape index (κ3) is 2.81. The number of nitrogens with two attached hydrogens (primary N) is 1. The molecule has 0 aliphatic carbocycles. The number of hydrogen-bond acceptors (Lipinski definition) is 4. The first-order chi connectivity index (χ1) is 7.75. The fraction of sp³-hybridized carbons (Fsp3) is 0.167. The van der Waals surface area contributed by atoms with Gasteiger partial charge in [-0.25, -0.2) is 9.97 Å². The van der Waals surface area contributed by atoms with Gasteiger partial charge in [0.25, 0.3) is 0 Å². The van der Waals surface area contributed by atoms with Crippen LogP contribution in [0.3, 0.4) is 0 Å². The van der Waals surface area contributed by atoms with E-state index in [2.05, 4.69) is 9.97 Å². The highest BCUT2D eigenvalue weighted by Gasteiger charge is 2.02. The quantitative estimate of drug-likeness (QED) is 0.882. The van der Waals surface area contributed by atoms with Crippen molar-refractivity contribution in [3.63, 3.8) is 0 Å². The Kier molecular flexibility index (Phi) is 3.54. The van der Waals surface area contributed by atoms with E-state index in [1.165, 1.54) is 0 Å². The molecule has 2 aromatic heterocycles. The molecular formula is C12H13N3S. The minimum atomic E-state index is 0.0291. The van der Waals surface area contributed by atoms with Crippen LogP contribution in [0.1, 0.15) is 18.5 Å². The molecule has 0 bridgehead atoms. The Balaban J connectivity index is 2.11. The minimum absolute atomic E-state index is 0.0291. The van der Waals surface area contributed by atoms with Gasteiger partial charge in [0.05, 0.1) is 0 Å². The molecule has 3 nitrogen and oxygen atoms in total. The lowest BCUT2D eigenvalue weighted by molar-refractivity contribution is 0.806. The van der Waals surface area contributed by atoms with Crippen LogP contribution in [-0.4, -0.2) is 9.97 Å². The summed E-state index contributed by atoms with van der Waals surface area (Å²) in [5.41, 5.74) is 6.80. The maximum atomic E-state index is 5.76.